The van der Waals surface area contributed by atoms with Gasteiger partial charge in [0.25, 0.3) is 0 Å². The Bertz CT molecular complexity index is 948. The molecule has 3 unspecified atom stereocenters. The first-order valence-corrected chi connectivity index (χ1v) is 10.5. The minimum atomic E-state index is -4.42. The van der Waals surface area contributed by atoms with Gasteiger partial charge in [-0.2, -0.15) is 17.6 Å². The normalized spacial score (nSPS) is 19.9. The summed E-state index contributed by atoms with van der Waals surface area (Å²) in [6, 6.07) is 3.76. The molecule has 1 aromatic carbocycles. The Kier molecular flexibility index (Phi) is 6.90. The number of rotatable bonds is 7. The zero-order valence-electron chi connectivity index (χ0n) is 18.2. The van der Waals surface area contributed by atoms with Crippen molar-refractivity contribution in [2.24, 2.45) is 17.6 Å². The number of amides is 1. The average Bonchev–Trinajstić information content (AvgIpc) is 3.09. The molecule has 32 heavy (non-hydrogen) atoms. The maximum Gasteiger partial charge on any atom is 0.416 e. The number of nitrogens with two attached hydrogens (primary N) is 1. The first-order valence-electron chi connectivity index (χ1n) is 10.5. The van der Waals surface area contributed by atoms with Gasteiger partial charge in [0, 0.05) is 6.54 Å². The number of hydrogen-bond donors (Lipinski definition) is 2. The lowest BCUT2D eigenvalue weighted by Gasteiger charge is -2.27. The van der Waals surface area contributed by atoms with E-state index in [-0.39, 0.29) is 29.5 Å². The number of primary amides is 1. The highest BCUT2D eigenvalue weighted by atomic mass is 19.4. The summed E-state index contributed by atoms with van der Waals surface area (Å²) in [5, 5.41) is 2.78. The Hall–Kier alpha value is -2.91. The Morgan fingerprint density at radius 2 is 1.91 bits per heavy atom. The van der Waals surface area contributed by atoms with Gasteiger partial charge in [-0.3, -0.25) is 4.79 Å². The van der Waals surface area contributed by atoms with E-state index >= 15 is 4.39 Å². The zero-order chi connectivity index (χ0) is 23.6. The number of nitrogens with one attached hydrogen (secondary N) is 1. The summed E-state index contributed by atoms with van der Waals surface area (Å²) in [6.07, 6.45) is -2.19. The van der Waals surface area contributed by atoms with Crippen LogP contribution in [0.4, 0.5) is 29.2 Å². The van der Waals surface area contributed by atoms with Crippen molar-refractivity contribution < 1.29 is 22.4 Å². The number of carbonyl (C=O) groups is 1. The van der Waals surface area contributed by atoms with Gasteiger partial charge in [-0.25, -0.2) is 9.97 Å². The van der Waals surface area contributed by atoms with Crippen molar-refractivity contribution in [1.29, 1.82) is 0 Å². The molecule has 0 radical (unpaired) electrons. The monoisotopic (exact) mass is 453 g/mol. The van der Waals surface area contributed by atoms with Gasteiger partial charge in [0.15, 0.2) is 11.6 Å². The fraction of sp³-hybridized carbons (Fsp3) is 0.500. The maximum absolute atomic E-state index is 15.4. The number of hydrogen-bond acceptors (Lipinski definition) is 5. The zero-order valence-corrected chi connectivity index (χ0v) is 18.2. The lowest BCUT2D eigenvalue weighted by Crippen LogP contribution is -2.37. The number of halogens is 4. The summed E-state index contributed by atoms with van der Waals surface area (Å²) in [4.78, 5) is 21.5. The van der Waals surface area contributed by atoms with Gasteiger partial charge in [0.1, 0.15) is 12.4 Å². The molecule has 1 aliphatic heterocycles. The van der Waals surface area contributed by atoms with Gasteiger partial charge in [-0.15, -0.1) is 0 Å². The second-order valence-corrected chi connectivity index (χ2v) is 8.72. The topological polar surface area (TPSA) is 84.1 Å². The van der Waals surface area contributed by atoms with Crippen LogP contribution in [0.15, 0.2) is 30.6 Å². The molecule has 1 saturated heterocycles. The molecule has 1 aromatic heterocycles. The second-order valence-electron chi connectivity index (χ2n) is 8.72. The Balaban J connectivity index is 1.90. The standard InChI is InChI=1S/C22H27F4N5O/c1-12(2)8-16(19(27)32)30-20-18(23)21(29-11-28-20)31-10-13(3)9-17(31)14-4-6-15(7-5-14)22(24,25)26/h4-7,11-13,16-17H,8-10H2,1-3H3,(H2,27,32)(H,28,29,30). The molecule has 6 nitrogen and oxygen atoms in total. The van der Waals surface area contributed by atoms with E-state index in [1.807, 2.05) is 20.8 Å². The molecule has 1 amide bonds. The Morgan fingerprint density at radius 3 is 2.47 bits per heavy atom. The van der Waals surface area contributed by atoms with Gasteiger partial charge in [0.05, 0.1) is 11.6 Å². The Morgan fingerprint density at radius 1 is 1.25 bits per heavy atom. The van der Waals surface area contributed by atoms with Crippen LogP contribution in [0.1, 0.15) is 50.8 Å². The number of alkyl halides is 3. The number of nitrogens with zero attached hydrogens (tertiary/aromatic N) is 3. The number of benzene rings is 1. The van der Waals surface area contributed by atoms with Gasteiger partial charge in [0.2, 0.25) is 11.7 Å². The minimum Gasteiger partial charge on any atom is -0.368 e. The fourth-order valence-electron chi connectivity index (χ4n) is 4.03. The van der Waals surface area contributed by atoms with Crippen molar-refractivity contribution in [2.75, 3.05) is 16.8 Å². The van der Waals surface area contributed by atoms with Crippen molar-refractivity contribution in [3.05, 3.63) is 47.5 Å². The highest BCUT2D eigenvalue weighted by Crippen LogP contribution is 2.40. The van der Waals surface area contributed by atoms with Crippen molar-refractivity contribution in [3.63, 3.8) is 0 Å². The van der Waals surface area contributed by atoms with Crippen molar-refractivity contribution in [2.45, 2.75) is 51.9 Å². The van der Waals surface area contributed by atoms with Crippen LogP contribution < -0.4 is 16.0 Å². The van der Waals surface area contributed by atoms with Gasteiger partial charge >= 0.3 is 6.18 Å². The third-order valence-electron chi connectivity index (χ3n) is 5.54. The van der Waals surface area contributed by atoms with E-state index in [4.69, 9.17) is 5.73 Å². The fourth-order valence-corrected chi connectivity index (χ4v) is 4.03. The summed E-state index contributed by atoms with van der Waals surface area (Å²) >= 11 is 0. The number of anilines is 2. The van der Waals surface area contributed by atoms with Crippen LogP contribution in [0.2, 0.25) is 0 Å². The molecular weight excluding hydrogens is 426 g/mol. The van der Waals surface area contributed by atoms with Crippen molar-refractivity contribution >= 4 is 17.5 Å². The first kappa shape index (κ1) is 23.7. The molecule has 0 saturated carbocycles. The molecule has 3 atom stereocenters. The SMILES string of the molecule is CC(C)CC(Nc1ncnc(N2CC(C)CC2c2ccc(C(F)(F)F)cc2)c1F)C(N)=O. The highest BCUT2D eigenvalue weighted by Gasteiger charge is 2.36. The lowest BCUT2D eigenvalue weighted by atomic mass is 9.99. The predicted molar refractivity (Wildman–Crippen MR) is 113 cm³/mol. The summed E-state index contributed by atoms with van der Waals surface area (Å²) in [5.41, 5.74) is 5.35. The summed E-state index contributed by atoms with van der Waals surface area (Å²) < 4.78 is 54.2. The van der Waals surface area contributed by atoms with E-state index in [9.17, 15) is 18.0 Å². The van der Waals surface area contributed by atoms with Gasteiger partial charge < -0.3 is 16.0 Å². The molecule has 1 fully saturated rings. The van der Waals surface area contributed by atoms with Crippen LogP contribution in [0.25, 0.3) is 0 Å². The first-order chi connectivity index (χ1) is 15.0. The summed E-state index contributed by atoms with van der Waals surface area (Å²) in [6.45, 7) is 6.30. The quantitative estimate of drug-likeness (QED) is 0.602. The number of aromatic nitrogens is 2. The molecule has 3 rings (SSSR count). The molecule has 0 bridgehead atoms. The van der Waals surface area contributed by atoms with Gasteiger partial charge in [-0.1, -0.05) is 32.9 Å². The van der Waals surface area contributed by atoms with Crippen LogP contribution in [0, 0.1) is 17.7 Å². The third kappa shape index (κ3) is 5.28. The summed E-state index contributed by atoms with van der Waals surface area (Å²) in [5.74, 6) is -1.13. The minimum absolute atomic E-state index is 0.0320. The van der Waals surface area contributed by atoms with Crippen molar-refractivity contribution in [1.82, 2.24) is 9.97 Å². The van der Waals surface area contributed by atoms with E-state index < -0.39 is 29.5 Å². The van der Waals surface area contributed by atoms with E-state index in [1.54, 1.807) is 4.90 Å². The predicted octanol–water partition coefficient (Wildman–Crippen LogP) is 4.53. The highest BCUT2D eigenvalue weighted by molar-refractivity contribution is 5.82. The average molecular weight is 453 g/mol. The van der Waals surface area contributed by atoms with E-state index in [1.165, 1.54) is 18.5 Å². The second kappa shape index (κ2) is 9.30. The van der Waals surface area contributed by atoms with Crippen molar-refractivity contribution in [3.8, 4) is 0 Å². The van der Waals surface area contributed by atoms with Gasteiger partial charge in [-0.05, 0) is 42.4 Å². The molecular formula is C22H27F4N5O. The van der Waals surface area contributed by atoms with E-state index in [0.29, 0.717) is 24.9 Å². The molecule has 0 spiro atoms. The van der Waals surface area contributed by atoms with Crippen LogP contribution >= 0.6 is 0 Å². The molecule has 0 aliphatic carbocycles. The third-order valence-corrected chi connectivity index (χ3v) is 5.54. The van der Waals surface area contributed by atoms with Crippen LogP contribution in [0.5, 0.6) is 0 Å². The van der Waals surface area contributed by atoms with Crippen LogP contribution in [0.3, 0.4) is 0 Å². The maximum atomic E-state index is 15.4. The van der Waals surface area contributed by atoms with Crippen LogP contribution in [-0.4, -0.2) is 28.5 Å². The molecule has 3 N–H and O–H groups in total. The molecule has 2 aromatic rings. The smallest absolute Gasteiger partial charge is 0.368 e. The summed E-state index contributed by atoms with van der Waals surface area (Å²) in [7, 11) is 0. The Labute approximate surface area is 184 Å². The van der Waals surface area contributed by atoms with Crippen LogP contribution in [-0.2, 0) is 11.0 Å². The molecule has 10 heteroatoms. The van der Waals surface area contributed by atoms with E-state index in [0.717, 1.165) is 12.1 Å². The number of carbonyl (C=O) groups excluding carboxylic acids is 1. The van der Waals surface area contributed by atoms with E-state index in [2.05, 4.69) is 15.3 Å². The molecule has 1 aliphatic rings. The molecule has 2 heterocycles. The lowest BCUT2D eigenvalue weighted by molar-refractivity contribution is -0.137. The molecule has 174 valence electrons. The largest absolute Gasteiger partial charge is 0.416 e.